The van der Waals surface area contributed by atoms with E-state index in [9.17, 15) is 29.3 Å². The molecule has 1 amide bonds. The number of ether oxygens (including phenoxy) is 1. The first-order chi connectivity index (χ1) is 16.2. The summed E-state index contributed by atoms with van der Waals surface area (Å²) in [5.74, 6) is -3.10. The zero-order valence-electron chi connectivity index (χ0n) is 18.2. The summed E-state index contributed by atoms with van der Waals surface area (Å²) in [6.45, 7) is 3.11. The number of aryl methyl sites for hydroxylation is 1. The van der Waals surface area contributed by atoms with E-state index in [4.69, 9.17) is 4.74 Å². The number of nitrogens with zero attached hydrogens (tertiary/aromatic N) is 1. The Morgan fingerprint density at radius 2 is 1.53 bits per heavy atom. The fourth-order valence-corrected chi connectivity index (χ4v) is 3.75. The van der Waals surface area contributed by atoms with Crippen molar-refractivity contribution in [3.63, 3.8) is 0 Å². The normalized spacial score (nSPS) is 12.9. The molecule has 0 heterocycles. The predicted molar refractivity (Wildman–Crippen MR) is 121 cm³/mol. The lowest BCUT2D eigenvalue weighted by atomic mass is 9.82. The number of rotatable bonds is 5. The third-order valence-corrected chi connectivity index (χ3v) is 5.52. The van der Waals surface area contributed by atoms with Crippen LogP contribution in [-0.4, -0.2) is 34.5 Å². The Kier molecular flexibility index (Phi) is 5.77. The van der Waals surface area contributed by atoms with E-state index in [1.807, 2.05) is 0 Å². The molecule has 0 aliphatic heterocycles. The van der Waals surface area contributed by atoms with Gasteiger partial charge in [0.05, 0.1) is 4.92 Å². The number of amides is 1. The maximum Gasteiger partial charge on any atom is 0.345 e. The van der Waals surface area contributed by atoms with Gasteiger partial charge in [-0.25, -0.2) is 4.79 Å². The van der Waals surface area contributed by atoms with Crippen molar-refractivity contribution in [3.8, 4) is 0 Å². The van der Waals surface area contributed by atoms with Crippen molar-refractivity contribution in [2.75, 3.05) is 5.32 Å². The number of para-hydroxylation sites is 1. The lowest BCUT2D eigenvalue weighted by Crippen LogP contribution is -2.31. The summed E-state index contributed by atoms with van der Waals surface area (Å²) >= 11 is 0. The van der Waals surface area contributed by atoms with E-state index in [1.54, 1.807) is 37.3 Å². The number of hydrogen-bond donors (Lipinski definition) is 1. The van der Waals surface area contributed by atoms with E-state index in [-0.39, 0.29) is 16.7 Å². The van der Waals surface area contributed by atoms with Crippen LogP contribution in [-0.2, 0) is 9.53 Å². The molecule has 0 fully saturated rings. The maximum absolute atomic E-state index is 13.0. The Balaban J connectivity index is 1.66. The van der Waals surface area contributed by atoms with Crippen molar-refractivity contribution in [2.45, 2.75) is 20.0 Å². The minimum absolute atomic E-state index is 0.0135. The Labute approximate surface area is 193 Å². The van der Waals surface area contributed by atoms with E-state index in [1.165, 1.54) is 31.2 Å². The number of nitrogens with one attached hydrogen (secondary N) is 1. The monoisotopic (exact) mass is 458 g/mol. The highest BCUT2D eigenvalue weighted by Crippen LogP contribution is 2.36. The molecule has 1 N–H and O–H groups in total. The van der Waals surface area contributed by atoms with Gasteiger partial charge in [0.25, 0.3) is 11.6 Å². The minimum Gasteiger partial charge on any atom is -0.449 e. The Hall–Kier alpha value is -4.66. The summed E-state index contributed by atoms with van der Waals surface area (Å²) in [6, 6.07) is 15.2. The number of carbonyl (C=O) groups is 4. The predicted octanol–water partition coefficient (Wildman–Crippen LogP) is 3.86. The number of esters is 1. The number of benzene rings is 3. The number of ketones is 2. The number of anilines is 1. The first-order valence-electron chi connectivity index (χ1n) is 10.3. The van der Waals surface area contributed by atoms with Crippen LogP contribution in [0.3, 0.4) is 0 Å². The van der Waals surface area contributed by atoms with Gasteiger partial charge >= 0.3 is 5.97 Å². The van der Waals surface area contributed by atoms with Crippen LogP contribution in [0.15, 0.2) is 60.7 Å². The van der Waals surface area contributed by atoms with Crippen LogP contribution in [0.4, 0.5) is 11.4 Å². The van der Waals surface area contributed by atoms with E-state index in [2.05, 4.69) is 5.32 Å². The molecule has 0 spiro atoms. The molecule has 1 atom stereocenters. The zero-order valence-corrected chi connectivity index (χ0v) is 18.2. The highest BCUT2D eigenvalue weighted by Gasteiger charge is 2.39. The molecule has 34 heavy (non-hydrogen) atoms. The first-order valence-corrected chi connectivity index (χ1v) is 10.3. The van der Waals surface area contributed by atoms with Gasteiger partial charge < -0.3 is 10.1 Å². The molecular weight excluding hydrogens is 440 g/mol. The van der Waals surface area contributed by atoms with E-state index in [0.29, 0.717) is 5.69 Å². The standard InChI is InChI=1S/C25H18N2O7/c1-13-7-3-6-10-19(13)26-24(30)14(2)34-25(31)18-12-11-17-20(21(18)27(32)33)23(29)16-9-5-4-8-15(16)22(17)28/h3-12,14H,1-2H3,(H,26,30). The number of fused-ring (bicyclic) bond motifs is 2. The average molecular weight is 458 g/mol. The van der Waals surface area contributed by atoms with Crippen LogP contribution in [0.25, 0.3) is 0 Å². The Morgan fingerprint density at radius 1 is 0.912 bits per heavy atom. The van der Waals surface area contributed by atoms with Gasteiger partial charge in [-0.05, 0) is 37.6 Å². The summed E-state index contributed by atoms with van der Waals surface area (Å²) in [7, 11) is 0. The zero-order chi connectivity index (χ0) is 24.6. The fourth-order valence-electron chi connectivity index (χ4n) is 3.75. The SMILES string of the molecule is Cc1ccccc1NC(=O)C(C)OC(=O)c1ccc2c(c1[N+](=O)[O-])C(=O)c1ccccc1C2=O. The largest absolute Gasteiger partial charge is 0.449 e. The second-order valence-electron chi connectivity index (χ2n) is 7.70. The van der Waals surface area contributed by atoms with Gasteiger partial charge in [0.2, 0.25) is 5.78 Å². The molecule has 170 valence electrons. The van der Waals surface area contributed by atoms with Crippen LogP contribution in [0, 0.1) is 17.0 Å². The second kappa shape index (κ2) is 8.70. The van der Waals surface area contributed by atoms with E-state index < -0.39 is 51.3 Å². The third-order valence-electron chi connectivity index (χ3n) is 5.52. The van der Waals surface area contributed by atoms with Gasteiger partial charge in [-0.2, -0.15) is 0 Å². The molecule has 9 nitrogen and oxygen atoms in total. The van der Waals surface area contributed by atoms with Gasteiger partial charge in [-0.3, -0.25) is 24.5 Å². The molecule has 3 aromatic rings. The molecule has 1 unspecified atom stereocenters. The summed E-state index contributed by atoms with van der Waals surface area (Å²) in [6.07, 6.45) is -1.29. The van der Waals surface area contributed by atoms with Crippen LogP contribution < -0.4 is 5.32 Å². The van der Waals surface area contributed by atoms with Crippen molar-refractivity contribution in [3.05, 3.63) is 104 Å². The van der Waals surface area contributed by atoms with Gasteiger partial charge in [-0.1, -0.05) is 42.5 Å². The number of nitro groups is 1. The smallest absolute Gasteiger partial charge is 0.345 e. The van der Waals surface area contributed by atoms with E-state index in [0.717, 1.165) is 11.6 Å². The van der Waals surface area contributed by atoms with Crippen molar-refractivity contribution in [2.24, 2.45) is 0 Å². The number of hydrogen-bond acceptors (Lipinski definition) is 7. The van der Waals surface area contributed by atoms with Gasteiger partial charge in [0.1, 0.15) is 11.1 Å². The van der Waals surface area contributed by atoms with Crippen LogP contribution in [0.5, 0.6) is 0 Å². The quantitative estimate of drug-likeness (QED) is 0.273. The molecule has 0 bridgehead atoms. The van der Waals surface area contributed by atoms with Gasteiger partial charge in [0, 0.05) is 22.4 Å². The maximum atomic E-state index is 13.0. The molecule has 9 heteroatoms. The number of nitro benzene ring substituents is 1. The van der Waals surface area contributed by atoms with Crippen LogP contribution in [0.1, 0.15) is 54.7 Å². The van der Waals surface area contributed by atoms with Crippen molar-refractivity contribution < 1.29 is 28.8 Å². The summed E-state index contributed by atoms with van der Waals surface area (Å²) in [5, 5.41) is 14.5. The lowest BCUT2D eigenvalue weighted by Gasteiger charge is -2.19. The average Bonchev–Trinajstić information content (AvgIpc) is 2.82. The summed E-state index contributed by atoms with van der Waals surface area (Å²) in [5.41, 5.74) is -0.536. The Morgan fingerprint density at radius 3 is 2.18 bits per heavy atom. The number of carbonyl (C=O) groups excluding carboxylic acids is 4. The molecule has 4 rings (SSSR count). The molecule has 0 radical (unpaired) electrons. The van der Waals surface area contributed by atoms with Crippen LogP contribution >= 0.6 is 0 Å². The van der Waals surface area contributed by atoms with Gasteiger partial charge in [-0.15, -0.1) is 0 Å². The molecule has 0 saturated carbocycles. The highest BCUT2D eigenvalue weighted by molar-refractivity contribution is 6.30. The Bertz CT molecular complexity index is 1390. The minimum atomic E-state index is -1.29. The molecule has 3 aromatic carbocycles. The van der Waals surface area contributed by atoms with Crippen molar-refractivity contribution >= 4 is 34.8 Å². The van der Waals surface area contributed by atoms with Crippen molar-refractivity contribution in [1.29, 1.82) is 0 Å². The lowest BCUT2D eigenvalue weighted by molar-refractivity contribution is -0.385. The first kappa shape index (κ1) is 22.5. The van der Waals surface area contributed by atoms with Crippen molar-refractivity contribution in [1.82, 2.24) is 0 Å². The van der Waals surface area contributed by atoms with Gasteiger partial charge in [0.15, 0.2) is 11.9 Å². The molecular formula is C25H18N2O7. The topological polar surface area (TPSA) is 133 Å². The molecule has 1 aliphatic rings. The fraction of sp³-hybridized carbons (Fsp3) is 0.120. The summed E-state index contributed by atoms with van der Waals surface area (Å²) < 4.78 is 5.17. The van der Waals surface area contributed by atoms with Crippen LogP contribution in [0.2, 0.25) is 0 Å². The molecule has 0 saturated heterocycles. The highest BCUT2D eigenvalue weighted by atomic mass is 16.6. The third kappa shape index (κ3) is 3.83. The molecule has 1 aliphatic carbocycles. The summed E-state index contributed by atoms with van der Waals surface area (Å²) in [4.78, 5) is 62.2. The second-order valence-corrected chi connectivity index (χ2v) is 7.70. The molecule has 0 aromatic heterocycles. The van der Waals surface area contributed by atoms with E-state index >= 15 is 0 Å².